The zero-order valence-electron chi connectivity index (χ0n) is 11.8. The largest absolute Gasteiger partial charge is 0.395 e. The normalized spacial score (nSPS) is 12.2. The molecule has 0 saturated carbocycles. The fourth-order valence-corrected chi connectivity index (χ4v) is 2.50. The fourth-order valence-electron chi connectivity index (χ4n) is 1.69. The van der Waals surface area contributed by atoms with Crippen LogP contribution in [0.25, 0.3) is 0 Å². The molecule has 1 aromatic rings. The molecule has 0 aromatic carbocycles. The van der Waals surface area contributed by atoms with E-state index >= 15 is 0 Å². The van der Waals surface area contributed by atoms with Crippen molar-refractivity contribution < 1.29 is 9.90 Å². The van der Waals surface area contributed by atoms with Crippen LogP contribution in [-0.4, -0.2) is 40.7 Å². The molecule has 1 aromatic heterocycles. The van der Waals surface area contributed by atoms with E-state index < -0.39 is 0 Å². The van der Waals surface area contributed by atoms with Gasteiger partial charge in [0.1, 0.15) is 5.01 Å². The van der Waals surface area contributed by atoms with Gasteiger partial charge >= 0.3 is 6.03 Å². The van der Waals surface area contributed by atoms with E-state index in [4.69, 9.17) is 5.11 Å². The Labute approximate surface area is 118 Å². The first-order valence-corrected chi connectivity index (χ1v) is 7.54. The summed E-state index contributed by atoms with van der Waals surface area (Å²) in [5.41, 5.74) is 0.972. The van der Waals surface area contributed by atoms with E-state index in [0.717, 1.165) is 23.5 Å². The molecule has 2 N–H and O–H groups in total. The first-order valence-electron chi connectivity index (χ1n) is 6.66. The molecule has 1 rings (SSSR count). The molecule has 0 bridgehead atoms. The minimum absolute atomic E-state index is 0.0120. The van der Waals surface area contributed by atoms with Crippen molar-refractivity contribution in [3.8, 4) is 0 Å². The number of aryl methyl sites for hydroxylation is 1. The Morgan fingerprint density at radius 3 is 2.84 bits per heavy atom. The van der Waals surface area contributed by atoms with E-state index in [2.05, 4.69) is 17.2 Å². The smallest absolute Gasteiger partial charge is 0.318 e. The number of thiazole rings is 1. The lowest BCUT2D eigenvalue weighted by molar-refractivity contribution is 0.173. The first-order chi connectivity index (χ1) is 9.08. The van der Waals surface area contributed by atoms with Crippen molar-refractivity contribution in [1.82, 2.24) is 15.2 Å². The maximum Gasteiger partial charge on any atom is 0.318 e. The molecule has 1 atom stereocenters. The van der Waals surface area contributed by atoms with E-state index in [0.29, 0.717) is 13.1 Å². The number of carbonyl (C=O) groups excluding carboxylic acids is 1. The van der Waals surface area contributed by atoms with Crippen molar-refractivity contribution in [1.29, 1.82) is 0 Å². The first kappa shape index (κ1) is 15.9. The Bertz CT molecular complexity index is 395. The van der Waals surface area contributed by atoms with Gasteiger partial charge in [0.05, 0.1) is 12.6 Å². The second kappa shape index (κ2) is 8.12. The molecular weight excluding hydrogens is 262 g/mol. The summed E-state index contributed by atoms with van der Waals surface area (Å²) in [5.74, 6) is 0. The SMILES string of the molecule is CCCCN(CCO)C(=O)NC(C)c1nc(C)cs1. The summed E-state index contributed by atoms with van der Waals surface area (Å²) < 4.78 is 0. The second-order valence-electron chi connectivity index (χ2n) is 4.56. The Kier molecular flexibility index (Phi) is 6.80. The van der Waals surface area contributed by atoms with Gasteiger partial charge in [0.25, 0.3) is 0 Å². The van der Waals surface area contributed by atoms with Gasteiger partial charge in [-0.1, -0.05) is 13.3 Å². The van der Waals surface area contributed by atoms with Crippen LogP contribution in [0.2, 0.25) is 0 Å². The third kappa shape index (κ3) is 5.16. The number of hydrogen-bond donors (Lipinski definition) is 2. The molecule has 19 heavy (non-hydrogen) atoms. The van der Waals surface area contributed by atoms with Crippen LogP contribution in [0, 0.1) is 6.92 Å². The van der Waals surface area contributed by atoms with E-state index in [-0.39, 0.29) is 18.7 Å². The minimum Gasteiger partial charge on any atom is -0.395 e. The molecule has 0 aliphatic carbocycles. The van der Waals surface area contributed by atoms with Crippen molar-refractivity contribution >= 4 is 17.4 Å². The second-order valence-corrected chi connectivity index (χ2v) is 5.45. The molecule has 0 radical (unpaired) electrons. The van der Waals surface area contributed by atoms with Gasteiger partial charge in [-0.05, 0) is 20.3 Å². The number of hydrogen-bond acceptors (Lipinski definition) is 4. The van der Waals surface area contributed by atoms with E-state index in [1.807, 2.05) is 19.2 Å². The van der Waals surface area contributed by atoms with Gasteiger partial charge in [0.2, 0.25) is 0 Å². The Hall–Kier alpha value is -1.14. The third-order valence-electron chi connectivity index (χ3n) is 2.79. The number of aromatic nitrogens is 1. The van der Waals surface area contributed by atoms with Crippen LogP contribution in [0.3, 0.4) is 0 Å². The van der Waals surface area contributed by atoms with Crippen LogP contribution in [-0.2, 0) is 0 Å². The molecule has 108 valence electrons. The summed E-state index contributed by atoms with van der Waals surface area (Å²) in [6.07, 6.45) is 1.97. The van der Waals surface area contributed by atoms with E-state index in [1.54, 1.807) is 16.2 Å². The lowest BCUT2D eigenvalue weighted by Crippen LogP contribution is -2.42. The standard InChI is InChI=1S/C13H23N3O2S/c1-4-5-6-16(7-8-17)13(18)15-11(3)12-14-10(2)9-19-12/h9,11,17H,4-8H2,1-3H3,(H,15,18). The zero-order valence-corrected chi connectivity index (χ0v) is 12.7. The highest BCUT2D eigenvalue weighted by Gasteiger charge is 2.17. The molecule has 0 spiro atoms. The van der Waals surface area contributed by atoms with Crippen LogP contribution in [0.4, 0.5) is 4.79 Å². The van der Waals surface area contributed by atoms with Crippen LogP contribution in [0.1, 0.15) is 43.4 Å². The molecule has 1 unspecified atom stereocenters. The molecular formula is C13H23N3O2S. The van der Waals surface area contributed by atoms with Crippen LogP contribution in [0.5, 0.6) is 0 Å². The molecule has 6 heteroatoms. The molecule has 2 amide bonds. The predicted molar refractivity (Wildman–Crippen MR) is 77.4 cm³/mol. The number of amides is 2. The Morgan fingerprint density at radius 2 is 2.32 bits per heavy atom. The number of unbranched alkanes of at least 4 members (excludes halogenated alkanes) is 1. The highest BCUT2D eigenvalue weighted by atomic mass is 32.1. The maximum atomic E-state index is 12.1. The summed E-state index contributed by atoms with van der Waals surface area (Å²) in [5, 5.41) is 14.8. The summed E-state index contributed by atoms with van der Waals surface area (Å²) >= 11 is 1.55. The number of nitrogens with zero attached hydrogens (tertiary/aromatic N) is 2. The van der Waals surface area contributed by atoms with Crippen molar-refractivity contribution in [2.75, 3.05) is 19.7 Å². The quantitative estimate of drug-likeness (QED) is 0.808. The molecule has 0 aliphatic rings. The summed E-state index contributed by atoms with van der Waals surface area (Å²) in [7, 11) is 0. The molecule has 0 aliphatic heterocycles. The van der Waals surface area contributed by atoms with Gasteiger partial charge in [0, 0.05) is 24.2 Å². The maximum absolute atomic E-state index is 12.1. The predicted octanol–water partition coefficient (Wildman–Crippen LogP) is 2.32. The number of carbonyl (C=O) groups is 1. The summed E-state index contributed by atoms with van der Waals surface area (Å²) in [6, 6.07) is -0.239. The molecule has 0 fully saturated rings. The molecule has 0 saturated heterocycles. The topological polar surface area (TPSA) is 65.5 Å². The van der Waals surface area contributed by atoms with Crippen LogP contribution >= 0.6 is 11.3 Å². The summed E-state index contributed by atoms with van der Waals surface area (Å²) in [6.45, 7) is 6.97. The highest BCUT2D eigenvalue weighted by Crippen LogP contribution is 2.17. The zero-order chi connectivity index (χ0) is 14.3. The van der Waals surface area contributed by atoms with E-state index in [9.17, 15) is 4.79 Å². The molecule has 1 heterocycles. The van der Waals surface area contributed by atoms with E-state index in [1.165, 1.54) is 0 Å². The van der Waals surface area contributed by atoms with Crippen LogP contribution < -0.4 is 5.32 Å². The van der Waals surface area contributed by atoms with Crippen molar-refractivity contribution in [2.24, 2.45) is 0 Å². The number of nitrogens with one attached hydrogen (secondary N) is 1. The van der Waals surface area contributed by atoms with Crippen molar-refractivity contribution in [3.63, 3.8) is 0 Å². The van der Waals surface area contributed by atoms with Gasteiger partial charge in [-0.3, -0.25) is 0 Å². The van der Waals surface area contributed by atoms with Crippen molar-refractivity contribution in [2.45, 2.75) is 39.7 Å². The number of rotatable bonds is 7. The number of urea groups is 1. The fraction of sp³-hybridized carbons (Fsp3) is 0.692. The van der Waals surface area contributed by atoms with Gasteiger partial charge in [-0.25, -0.2) is 9.78 Å². The van der Waals surface area contributed by atoms with Gasteiger partial charge < -0.3 is 15.3 Å². The van der Waals surface area contributed by atoms with Gasteiger partial charge in [-0.2, -0.15) is 0 Å². The summed E-state index contributed by atoms with van der Waals surface area (Å²) in [4.78, 5) is 18.1. The third-order valence-corrected chi connectivity index (χ3v) is 3.93. The number of aliphatic hydroxyl groups is 1. The van der Waals surface area contributed by atoms with Crippen molar-refractivity contribution in [3.05, 3.63) is 16.1 Å². The lowest BCUT2D eigenvalue weighted by Gasteiger charge is -2.23. The number of aliphatic hydroxyl groups excluding tert-OH is 1. The van der Waals surface area contributed by atoms with Gasteiger partial charge in [0.15, 0.2) is 0 Å². The highest BCUT2D eigenvalue weighted by molar-refractivity contribution is 7.09. The van der Waals surface area contributed by atoms with Crippen LogP contribution in [0.15, 0.2) is 5.38 Å². The Balaban J connectivity index is 2.54. The average molecular weight is 285 g/mol. The molecule has 5 nitrogen and oxygen atoms in total. The average Bonchev–Trinajstić information content (AvgIpc) is 2.81. The Morgan fingerprint density at radius 1 is 1.58 bits per heavy atom. The monoisotopic (exact) mass is 285 g/mol. The minimum atomic E-state index is -0.136. The lowest BCUT2D eigenvalue weighted by atomic mass is 10.3. The van der Waals surface area contributed by atoms with Gasteiger partial charge in [-0.15, -0.1) is 11.3 Å².